The van der Waals surface area contributed by atoms with Gasteiger partial charge in [0.1, 0.15) is 6.04 Å². The van der Waals surface area contributed by atoms with Crippen molar-refractivity contribution in [1.29, 1.82) is 0 Å². The number of primary amides is 1. The van der Waals surface area contributed by atoms with Gasteiger partial charge in [0.15, 0.2) is 0 Å². The molecule has 1 atom stereocenters. The Labute approximate surface area is 206 Å². The maximum absolute atomic E-state index is 13.6. The van der Waals surface area contributed by atoms with Crippen molar-refractivity contribution in [2.45, 2.75) is 51.6 Å². The third-order valence-electron chi connectivity index (χ3n) is 6.00. The van der Waals surface area contributed by atoms with Crippen molar-refractivity contribution in [1.82, 2.24) is 4.90 Å². The van der Waals surface area contributed by atoms with Crippen molar-refractivity contribution < 1.29 is 19.5 Å². The number of aliphatic carboxylic acids is 1. The van der Waals surface area contributed by atoms with Crippen LogP contribution in [-0.2, 0) is 21.5 Å². The number of rotatable bonds is 9. The van der Waals surface area contributed by atoms with Gasteiger partial charge in [-0.25, -0.2) is 4.79 Å². The summed E-state index contributed by atoms with van der Waals surface area (Å²) in [4.78, 5) is 38.4. The number of carboxylic acids is 1. The molecule has 0 aliphatic carbocycles. The summed E-state index contributed by atoms with van der Waals surface area (Å²) in [5.74, 6) is -2.20. The topological polar surface area (TPSA) is 101 Å². The van der Waals surface area contributed by atoms with Gasteiger partial charge in [0.2, 0.25) is 5.91 Å². The van der Waals surface area contributed by atoms with E-state index in [9.17, 15) is 19.5 Å². The van der Waals surface area contributed by atoms with E-state index in [0.717, 1.165) is 22.3 Å². The van der Waals surface area contributed by atoms with Crippen LogP contribution in [0.2, 0.25) is 0 Å². The smallest absolute Gasteiger partial charge is 0.326 e. The summed E-state index contributed by atoms with van der Waals surface area (Å²) in [6.45, 7) is 6.43. The lowest BCUT2D eigenvalue weighted by Crippen LogP contribution is -2.45. The molecular weight excluding hydrogens is 440 g/mol. The second-order valence-corrected chi connectivity index (χ2v) is 9.68. The van der Waals surface area contributed by atoms with Gasteiger partial charge in [-0.05, 0) is 46.2 Å². The molecule has 35 heavy (non-hydrogen) atoms. The van der Waals surface area contributed by atoms with E-state index >= 15 is 0 Å². The average Bonchev–Trinajstić information content (AvgIpc) is 2.83. The van der Waals surface area contributed by atoms with Crippen molar-refractivity contribution in [2.24, 2.45) is 5.73 Å². The van der Waals surface area contributed by atoms with Gasteiger partial charge < -0.3 is 15.7 Å². The number of benzene rings is 3. The molecule has 0 spiro atoms. The summed E-state index contributed by atoms with van der Waals surface area (Å²) in [5, 5.41) is 9.93. The lowest BCUT2D eigenvalue weighted by Gasteiger charge is -2.29. The summed E-state index contributed by atoms with van der Waals surface area (Å²) >= 11 is 0. The zero-order chi connectivity index (χ0) is 25.6. The van der Waals surface area contributed by atoms with E-state index in [1.807, 2.05) is 66.7 Å². The molecule has 0 aliphatic rings. The SMILES string of the molecule is CC(C)(C)c1ccc(CN(C(=O)c2ccc(-c3ccccc3)cc2)[C@@H](CCC(N)=O)C(=O)O)cc1. The minimum absolute atomic E-state index is 0.0282. The van der Waals surface area contributed by atoms with Crippen molar-refractivity contribution in [3.8, 4) is 11.1 Å². The van der Waals surface area contributed by atoms with Gasteiger partial charge in [-0.1, -0.05) is 87.5 Å². The lowest BCUT2D eigenvalue weighted by molar-refractivity contribution is -0.143. The maximum Gasteiger partial charge on any atom is 0.326 e. The van der Waals surface area contributed by atoms with Crippen LogP contribution < -0.4 is 5.73 Å². The van der Waals surface area contributed by atoms with Crippen LogP contribution in [0.3, 0.4) is 0 Å². The Balaban J connectivity index is 1.92. The highest BCUT2D eigenvalue weighted by Crippen LogP contribution is 2.25. The molecule has 0 aliphatic heterocycles. The van der Waals surface area contributed by atoms with Gasteiger partial charge in [-0.3, -0.25) is 9.59 Å². The highest BCUT2D eigenvalue weighted by atomic mass is 16.4. The third-order valence-corrected chi connectivity index (χ3v) is 6.00. The molecule has 0 fully saturated rings. The number of amides is 2. The number of carbonyl (C=O) groups excluding carboxylic acids is 2. The van der Waals surface area contributed by atoms with Crippen LogP contribution in [-0.4, -0.2) is 33.8 Å². The number of carboxylic acid groups (broad SMARTS) is 1. The van der Waals surface area contributed by atoms with E-state index in [-0.39, 0.29) is 24.8 Å². The average molecular weight is 473 g/mol. The molecule has 6 nitrogen and oxygen atoms in total. The Bertz CT molecular complexity index is 1160. The predicted molar refractivity (Wildman–Crippen MR) is 137 cm³/mol. The predicted octanol–water partition coefficient (Wildman–Crippen LogP) is 5.01. The molecular formula is C29H32N2O4. The first kappa shape index (κ1) is 25.7. The van der Waals surface area contributed by atoms with Crippen molar-refractivity contribution >= 4 is 17.8 Å². The lowest BCUT2D eigenvalue weighted by atomic mass is 9.86. The summed E-state index contributed by atoms with van der Waals surface area (Å²) in [6.07, 6.45) is -0.185. The molecule has 3 rings (SSSR count). The molecule has 0 aromatic heterocycles. The van der Waals surface area contributed by atoms with Crippen LogP contribution in [0, 0.1) is 0 Å². The summed E-state index contributed by atoms with van der Waals surface area (Å²) < 4.78 is 0. The van der Waals surface area contributed by atoms with E-state index in [1.54, 1.807) is 12.1 Å². The van der Waals surface area contributed by atoms with Gasteiger partial charge >= 0.3 is 5.97 Å². The molecule has 3 aromatic rings. The molecule has 0 heterocycles. The molecule has 3 aromatic carbocycles. The molecule has 0 radical (unpaired) electrons. The van der Waals surface area contributed by atoms with E-state index in [1.165, 1.54) is 4.90 Å². The second-order valence-electron chi connectivity index (χ2n) is 9.68. The molecule has 3 N–H and O–H groups in total. The number of hydrogen-bond donors (Lipinski definition) is 2. The molecule has 2 amide bonds. The first-order chi connectivity index (χ1) is 16.6. The first-order valence-electron chi connectivity index (χ1n) is 11.6. The molecule has 0 saturated carbocycles. The number of carbonyl (C=O) groups is 3. The Morgan fingerprint density at radius 3 is 1.94 bits per heavy atom. The minimum atomic E-state index is -1.19. The van der Waals surface area contributed by atoms with E-state index in [4.69, 9.17) is 5.73 Å². The summed E-state index contributed by atoms with van der Waals surface area (Å²) in [5.41, 5.74) is 9.54. The van der Waals surface area contributed by atoms with E-state index in [2.05, 4.69) is 20.8 Å². The fourth-order valence-electron chi connectivity index (χ4n) is 3.92. The zero-order valence-corrected chi connectivity index (χ0v) is 20.4. The van der Waals surface area contributed by atoms with Crippen LogP contribution in [0.25, 0.3) is 11.1 Å². The van der Waals surface area contributed by atoms with Crippen LogP contribution in [0.5, 0.6) is 0 Å². The quantitative estimate of drug-likeness (QED) is 0.457. The Hall–Kier alpha value is -3.93. The molecule has 0 saturated heterocycles. The maximum atomic E-state index is 13.6. The first-order valence-corrected chi connectivity index (χ1v) is 11.6. The van der Waals surface area contributed by atoms with Crippen LogP contribution in [0.15, 0.2) is 78.9 Å². The molecule has 0 bridgehead atoms. The van der Waals surface area contributed by atoms with Gasteiger partial charge in [-0.15, -0.1) is 0 Å². The highest BCUT2D eigenvalue weighted by Gasteiger charge is 2.31. The summed E-state index contributed by atoms with van der Waals surface area (Å²) in [6, 6.07) is 23.5. The Morgan fingerprint density at radius 2 is 1.43 bits per heavy atom. The van der Waals surface area contributed by atoms with Crippen LogP contribution in [0.1, 0.15) is 55.1 Å². The normalized spacial score (nSPS) is 12.1. The zero-order valence-electron chi connectivity index (χ0n) is 20.4. The molecule has 182 valence electrons. The number of hydrogen-bond acceptors (Lipinski definition) is 3. The number of nitrogens with zero attached hydrogens (tertiary/aromatic N) is 1. The van der Waals surface area contributed by atoms with Crippen molar-refractivity contribution in [3.63, 3.8) is 0 Å². The Kier molecular flexibility index (Phi) is 8.07. The fourth-order valence-corrected chi connectivity index (χ4v) is 3.92. The fraction of sp³-hybridized carbons (Fsp3) is 0.276. The van der Waals surface area contributed by atoms with Gasteiger partial charge in [-0.2, -0.15) is 0 Å². The van der Waals surface area contributed by atoms with E-state index in [0.29, 0.717) is 5.56 Å². The van der Waals surface area contributed by atoms with Crippen LogP contribution >= 0.6 is 0 Å². The standard InChI is InChI=1S/C29H32N2O4/c1-29(2,3)24-15-9-20(10-16-24)19-31(25(28(34)35)17-18-26(30)32)27(33)23-13-11-22(12-14-23)21-7-5-4-6-8-21/h4-16,25H,17-19H2,1-3H3,(H2,30,32)(H,34,35)/t25-/m0/s1. The minimum Gasteiger partial charge on any atom is -0.480 e. The van der Waals surface area contributed by atoms with E-state index < -0.39 is 23.8 Å². The van der Waals surface area contributed by atoms with Crippen molar-refractivity contribution in [2.75, 3.05) is 0 Å². The monoisotopic (exact) mass is 472 g/mol. The second kappa shape index (κ2) is 11.0. The van der Waals surface area contributed by atoms with Gasteiger partial charge in [0.25, 0.3) is 5.91 Å². The Morgan fingerprint density at radius 1 is 0.857 bits per heavy atom. The van der Waals surface area contributed by atoms with Crippen LogP contribution in [0.4, 0.5) is 0 Å². The molecule has 6 heteroatoms. The number of nitrogens with two attached hydrogens (primary N) is 1. The summed E-state index contributed by atoms with van der Waals surface area (Å²) in [7, 11) is 0. The van der Waals surface area contributed by atoms with Gasteiger partial charge in [0, 0.05) is 18.5 Å². The largest absolute Gasteiger partial charge is 0.480 e. The van der Waals surface area contributed by atoms with Crippen molar-refractivity contribution in [3.05, 3.63) is 95.6 Å². The van der Waals surface area contributed by atoms with Gasteiger partial charge in [0.05, 0.1) is 0 Å². The molecule has 0 unspecified atom stereocenters. The highest BCUT2D eigenvalue weighted by molar-refractivity contribution is 5.97. The third kappa shape index (κ3) is 6.79.